The van der Waals surface area contributed by atoms with Crippen LogP contribution in [0.2, 0.25) is 0 Å². The predicted octanol–water partition coefficient (Wildman–Crippen LogP) is 4.73. The number of halogens is 2. The monoisotopic (exact) mass is 585 g/mol. The van der Waals surface area contributed by atoms with Gasteiger partial charge in [-0.05, 0) is 37.1 Å². The van der Waals surface area contributed by atoms with Crippen molar-refractivity contribution in [3.63, 3.8) is 0 Å². The van der Waals surface area contributed by atoms with Crippen LogP contribution in [0.25, 0.3) is 0 Å². The molecule has 2 aliphatic heterocycles. The number of hydrogen-bond donors (Lipinski definition) is 1. The van der Waals surface area contributed by atoms with Crippen molar-refractivity contribution in [2.24, 2.45) is 0 Å². The number of fused-ring (bicyclic) bond motifs is 1. The molecule has 1 N–H and O–H groups in total. The molecule has 0 radical (unpaired) electrons. The molecule has 41 heavy (non-hydrogen) atoms. The topological polar surface area (TPSA) is 89.1 Å². The Balaban J connectivity index is 1.37. The normalized spacial score (nSPS) is 20.5. The van der Waals surface area contributed by atoms with Crippen molar-refractivity contribution in [3.8, 4) is 0 Å². The summed E-state index contributed by atoms with van der Waals surface area (Å²) in [5, 5.41) is 12.7. The van der Waals surface area contributed by atoms with E-state index in [9.17, 15) is 9.18 Å². The first kappa shape index (κ1) is 29.3. The molecule has 1 saturated heterocycles. The van der Waals surface area contributed by atoms with Crippen LogP contribution in [-0.2, 0) is 31.0 Å². The zero-order chi connectivity index (χ0) is 29.0. The molecule has 1 aromatic carbocycles. The fourth-order valence-corrected chi connectivity index (χ4v) is 6.09. The van der Waals surface area contributed by atoms with Crippen molar-refractivity contribution in [2.45, 2.75) is 51.7 Å². The zero-order valence-corrected chi connectivity index (χ0v) is 24.5. The van der Waals surface area contributed by atoms with Gasteiger partial charge in [0.15, 0.2) is 5.82 Å². The van der Waals surface area contributed by atoms with Crippen molar-refractivity contribution in [3.05, 3.63) is 70.0 Å². The van der Waals surface area contributed by atoms with Crippen molar-refractivity contribution < 1.29 is 23.4 Å². The van der Waals surface area contributed by atoms with Crippen LogP contribution in [0.1, 0.15) is 44.7 Å². The second kappa shape index (κ2) is 12.8. The van der Waals surface area contributed by atoms with E-state index in [-0.39, 0.29) is 18.4 Å². The number of rotatable bonds is 10. The number of hydrogen-bond acceptors (Lipinski definition) is 9. The van der Waals surface area contributed by atoms with Crippen molar-refractivity contribution in [1.29, 1.82) is 0 Å². The van der Waals surface area contributed by atoms with E-state index in [0.29, 0.717) is 55.8 Å². The molecule has 0 bridgehead atoms. The molecule has 1 aliphatic carbocycles. The van der Waals surface area contributed by atoms with Gasteiger partial charge in [0.05, 0.1) is 36.7 Å². The lowest BCUT2D eigenvalue weighted by molar-refractivity contribution is -0.146. The van der Waals surface area contributed by atoms with Gasteiger partial charge >= 0.3 is 5.97 Å². The number of aromatic nitrogens is 2. The fraction of sp³-hybridized carbons (Fsp3) is 0.500. The Bertz CT molecular complexity index is 1330. The third-order valence-electron chi connectivity index (χ3n) is 7.82. The molecule has 1 unspecified atom stereocenters. The lowest BCUT2D eigenvalue weighted by Crippen LogP contribution is -2.51. The maximum Gasteiger partial charge on any atom is 0.329 e. The highest BCUT2D eigenvalue weighted by Crippen LogP contribution is 2.48. The first-order valence-electron chi connectivity index (χ1n) is 14.1. The lowest BCUT2D eigenvalue weighted by Gasteiger charge is -2.34. The Morgan fingerprint density at radius 1 is 1.24 bits per heavy atom. The van der Waals surface area contributed by atoms with E-state index in [4.69, 9.17) is 25.8 Å². The number of benzene rings is 1. The highest BCUT2D eigenvalue weighted by molar-refractivity contribution is 6.31. The molecule has 3 heterocycles. The molecule has 9 nitrogen and oxygen atoms in total. The Morgan fingerprint density at radius 2 is 2.05 bits per heavy atom. The summed E-state index contributed by atoms with van der Waals surface area (Å²) in [6.45, 7) is 11.1. The van der Waals surface area contributed by atoms with Gasteiger partial charge < -0.3 is 24.4 Å². The minimum Gasteiger partial charge on any atom is -0.492 e. The van der Waals surface area contributed by atoms with E-state index < -0.39 is 11.5 Å². The second-order valence-electron chi connectivity index (χ2n) is 11.0. The molecule has 1 atom stereocenters. The maximum absolute atomic E-state index is 13.5. The highest BCUT2D eigenvalue weighted by atomic mass is 35.5. The largest absolute Gasteiger partial charge is 0.492 e. The molecule has 3 aliphatic rings. The number of allylic oxidation sites excluding steroid dienone is 4. The van der Waals surface area contributed by atoms with Gasteiger partial charge in [0.1, 0.15) is 24.2 Å². The van der Waals surface area contributed by atoms with Gasteiger partial charge in [0.2, 0.25) is 0 Å². The number of nitrogens with zero attached hydrogens (tertiary/aromatic N) is 4. The van der Waals surface area contributed by atoms with Gasteiger partial charge in [-0.3, -0.25) is 4.90 Å². The van der Waals surface area contributed by atoms with E-state index in [2.05, 4.69) is 39.2 Å². The quantitative estimate of drug-likeness (QED) is 0.397. The van der Waals surface area contributed by atoms with E-state index in [1.54, 1.807) is 12.3 Å². The number of esters is 1. The Morgan fingerprint density at radius 3 is 2.78 bits per heavy atom. The number of ether oxygens (including phenoxy) is 3. The van der Waals surface area contributed by atoms with Crippen molar-refractivity contribution in [2.75, 3.05) is 56.2 Å². The number of carbonyl (C=O) groups excluding carboxylic acids is 1. The molecule has 1 fully saturated rings. The van der Waals surface area contributed by atoms with Crippen LogP contribution >= 0.6 is 11.6 Å². The average Bonchev–Trinajstić information content (AvgIpc) is 3.19. The third-order valence-corrected chi connectivity index (χ3v) is 8.14. The zero-order valence-electron chi connectivity index (χ0n) is 23.8. The number of morpholine rings is 1. The molecular formula is C30H37ClFN5O4. The molecule has 1 aromatic heterocycles. The first-order chi connectivity index (χ1) is 19.8. The van der Waals surface area contributed by atoms with Crippen molar-refractivity contribution in [1.82, 2.24) is 15.1 Å². The van der Waals surface area contributed by atoms with E-state index >= 15 is 0 Å². The first-order valence-corrected chi connectivity index (χ1v) is 14.5. The minimum atomic E-state index is -0.598. The average molecular weight is 586 g/mol. The maximum atomic E-state index is 13.5. The molecule has 220 valence electrons. The van der Waals surface area contributed by atoms with E-state index in [1.165, 1.54) is 12.1 Å². The summed E-state index contributed by atoms with van der Waals surface area (Å²) in [5.41, 5.74) is 2.80. The molecule has 2 aromatic rings. The van der Waals surface area contributed by atoms with Crippen LogP contribution in [0.3, 0.4) is 0 Å². The lowest BCUT2D eigenvalue weighted by atomic mass is 9.80. The van der Waals surface area contributed by atoms with E-state index in [0.717, 1.165) is 42.1 Å². The van der Waals surface area contributed by atoms with E-state index in [1.807, 2.05) is 19.1 Å². The second-order valence-corrected chi connectivity index (χ2v) is 11.4. The van der Waals surface area contributed by atoms with Crippen molar-refractivity contribution >= 4 is 29.1 Å². The summed E-state index contributed by atoms with van der Waals surface area (Å²) in [5.74, 6) is 0.688. The van der Waals surface area contributed by atoms with Crippen LogP contribution < -0.4 is 10.2 Å². The van der Waals surface area contributed by atoms with Crippen LogP contribution in [0.15, 0.2) is 53.0 Å². The number of nitrogens with one attached hydrogen (secondary N) is 1. The Kier molecular flexibility index (Phi) is 9.11. The van der Waals surface area contributed by atoms with Gasteiger partial charge in [0.25, 0.3) is 0 Å². The summed E-state index contributed by atoms with van der Waals surface area (Å²) in [4.78, 5) is 17.8. The van der Waals surface area contributed by atoms with Crippen LogP contribution in [0, 0.1) is 5.82 Å². The Hall–Kier alpha value is -3.21. The van der Waals surface area contributed by atoms with Gasteiger partial charge in [-0.1, -0.05) is 37.6 Å². The highest BCUT2D eigenvalue weighted by Gasteiger charge is 2.51. The van der Waals surface area contributed by atoms with Gasteiger partial charge in [0, 0.05) is 49.3 Å². The fourth-order valence-electron chi connectivity index (χ4n) is 5.81. The summed E-state index contributed by atoms with van der Waals surface area (Å²) in [7, 11) is 0. The summed E-state index contributed by atoms with van der Waals surface area (Å²) in [6.07, 6.45) is 4.79. The molecule has 5 rings (SSSR count). The predicted molar refractivity (Wildman–Crippen MR) is 155 cm³/mol. The van der Waals surface area contributed by atoms with Gasteiger partial charge in [-0.25, -0.2) is 9.18 Å². The summed E-state index contributed by atoms with van der Waals surface area (Å²) in [6, 6.07) is 5.80. The molecule has 0 spiro atoms. The minimum absolute atomic E-state index is 0.237. The number of anilines is 2. The van der Waals surface area contributed by atoms with Gasteiger partial charge in [-0.15, -0.1) is 5.10 Å². The molecular weight excluding hydrogens is 549 g/mol. The van der Waals surface area contributed by atoms with Gasteiger partial charge in [-0.2, -0.15) is 5.10 Å². The molecule has 0 saturated carbocycles. The Labute approximate surface area is 245 Å². The molecule has 0 amide bonds. The number of carbonyl (C=O) groups is 1. The molecule has 11 heteroatoms. The smallest absolute Gasteiger partial charge is 0.329 e. The summed E-state index contributed by atoms with van der Waals surface area (Å²) < 4.78 is 30.5. The van der Waals surface area contributed by atoms with Crippen LogP contribution in [0.4, 0.5) is 15.9 Å². The van der Waals surface area contributed by atoms with Crippen LogP contribution in [0.5, 0.6) is 0 Å². The standard InChI is InChI=1S/C30H37ClFN5O4/c1-4-40-29(38)27-30(2,3)26-24(37(27)11-10-36-12-14-39-15-13-36)18-33-35-28(26)34-22-8-9-25(23(31)17-22)41-19-20-6-5-7-21(32)16-20/h5-7,16-18,27H,4,8-15,19H2,1-3H3,(H,34,35). The third kappa shape index (κ3) is 6.50. The van der Waals surface area contributed by atoms with Crippen LogP contribution in [-0.4, -0.2) is 73.1 Å². The summed E-state index contributed by atoms with van der Waals surface area (Å²) >= 11 is 6.60. The SMILES string of the molecule is CCOC(=O)C1N(CCN2CCOCC2)c2cnnc(NC3=CC(Cl)=C(OCc4cccc(F)c4)CC3)c2C1(C)C.